The standard InChI is InChI=1S/C12H13NO3/c1-3-9-5-4-6-10(7-9)13-11(8-16-2)12(14)15/h1,4-7,11,13H,8H2,2H3,(H,14,15). The van der Waals surface area contributed by atoms with Crippen molar-refractivity contribution in [3.63, 3.8) is 0 Å². The lowest BCUT2D eigenvalue weighted by atomic mass is 10.2. The summed E-state index contributed by atoms with van der Waals surface area (Å²) < 4.78 is 4.81. The second kappa shape index (κ2) is 5.79. The summed E-state index contributed by atoms with van der Waals surface area (Å²) in [6, 6.07) is 6.23. The molecule has 0 saturated carbocycles. The molecule has 1 aromatic carbocycles. The largest absolute Gasteiger partial charge is 0.480 e. The lowest BCUT2D eigenvalue weighted by Crippen LogP contribution is -2.33. The predicted octanol–water partition coefficient (Wildman–Crippen LogP) is 1.18. The second-order valence-electron chi connectivity index (χ2n) is 3.22. The monoisotopic (exact) mass is 219 g/mol. The first kappa shape index (κ1) is 12.1. The number of rotatable bonds is 5. The van der Waals surface area contributed by atoms with Crippen molar-refractivity contribution in [1.29, 1.82) is 0 Å². The maximum absolute atomic E-state index is 10.9. The summed E-state index contributed by atoms with van der Waals surface area (Å²) in [4.78, 5) is 10.9. The van der Waals surface area contributed by atoms with Crippen LogP contribution in [0.15, 0.2) is 24.3 Å². The van der Waals surface area contributed by atoms with Gasteiger partial charge in [-0.15, -0.1) is 6.42 Å². The van der Waals surface area contributed by atoms with Crippen LogP contribution in [-0.2, 0) is 9.53 Å². The molecule has 0 aliphatic heterocycles. The van der Waals surface area contributed by atoms with Crippen LogP contribution in [0, 0.1) is 12.3 Å². The zero-order chi connectivity index (χ0) is 12.0. The van der Waals surface area contributed by atoms with E-state index < -0.39 is 12.0 Å². The molecule has 0 aliphatic carbocycles. The molecular weight excluding hydrogens is 206 g/mol. The Labute approximate surface area is 94.2 Å². The molecule has 1 unspecified atom stereocenters. The molecule has 0 aliphatic rings. The SMILES string of the molecule is C#Cc1cccc(NC(COC)C(=O)O)c1. The number of carboxylic acid groups (broad SMARTS) is 1. The van der Waals surface area contributed by atoms with Crippen molar-refractivity contribution in [3.05, 3.63) is 29.8 Å². The molecule has 1 atom stereocenters. The minimum atomic E-state index is -0.965. The molecule has 0 spiro atoms. The summed E-state index contributed by atoms with van der Waals surface area (Å²) in [5.41, 5.74) is 1.37. The third-order valence-electron chi connectivity index (χ3n) is 2.00. The van der Waals surface area contributed by atoms with Crippen molar-refractivity contribution in [3.8, 4) is 12.3 Å². The van der Waals surface area contributed by atoms with Gasteiger partial charge in [0.2, 0.25) is 0 Å². The highest BCUT2D eigenvalue weighted by molar-refractivity contribution is 5.77. The highest BCUT2D eigenvalue weighted by Gasteiger charge is 2.16. The lowest BCUT2D eigenvalue weighted by Gasteiger charge is -2.14. The Morgan fingerprint density at radius 3 is 3.00 bits per heavy atom. The number of aliphatic carboxylic acids is 1. The summed E-state index contributed by atoms with van der Waals surface area (Å²) in [5.74, 6) is 1.52. The van der Waals surface area contributed by atoms with Gasteiger partial charge in [-0.25, -0.2) is 4.79 Å². The molecule has 0 bridgehead atoms. The number of ether oxygens (including phenoxy) is 1. The van der Waals surface area contributed by atoms with Gasteiger partial charge in [-0.2, -0.15) is 0 Å². The van der Waals surface area contributed by atoms with Crippen LogP contribution in [0.25, 0.3) is 0 Å². The molecule has 0 amide bonds. The third-order valence-corrected chi connectivity index (χ3v) is 2.00. The normalized spacial score (nSPS) is 11.5. The van der Waals surface area contributed by atoms with Gasteiger partial charge in [-0.05, 0) is 18.2 Å². The van der Waals surface area contributed by atoms with E-state index in [4.69, 9.17) is 16.3 Å². The number of carboxylic acids is 1. The molecule has 0 saturated heterocycles. The van der Waals surface area contributed by atoms with Crippen molar-refractivity contribution in [2.24, 2.45) is 0 Å². The van der Waals surface area contributed by atoms with Gasteiger partial charge in [0.25, 0.3) is 0 Å². The highest BCUT2D eigenvalue weighted by Crippen LogP contribution is 2.11. The average molecular weight is 219 g/mol. The van der Waals surface area contributed by atoms with Crippen LogP contribution in [-0.4, -0.2) is 30.8 Å². The van der Waals surface area contributed by atoms with E-state index in [9.17, 15) is 4.79 Å². The first-order valence-corrected chi connectivity index (χ1v) is 4.72. The topological polar surface area (TPSA) is 58.6 Å². The van der Waals surface area contributed by atoms with E-state index >= 15 is 0 Å². The van der Waals surface area contributed by atoms with Gasteiger partial charge >= 0.3 is 5.97 Å². The van der Waals surface area contributed by atoms with Crippen LogP contribution in [0.5, 0.6) is 0 Å². The second-order valence-corrected chi connectivity index (χ2v) is 3.22. The number of terminal acetylenes is 1. The fourth-order valence-corrected chi connectivity index (χ4v) is 1.24. The maximum atomic E-state index is 10.9. The van der Waals surface area contributed by atoms with Gasteiger partial charge < -0.3 is 15.2 Å². The molecule has 4 nitrogen and oxygen atoms in total. The van der Waals surface area contributed by atoms with Crippen molar-refractivity contribution < 1.29 is 14.6 Å². The first-order valence-electron chi connectivity index (χ1n) is 4.72. The molecule has 4 heteroatoms. The van der Waals surface area contributed by atoms with Crippen LogP contribution < -0.4 is 5.32 Å². The molecule has 0 radical (unpaired) electrons. The summed E-state index contributed by atoms with van der Waals surface area (Å²) in [5, 5.41) is 11.7. The summed E-state index contributed by atoms with van der Waals surface area (Å²) in [6.07, 6.45) is 5.25. The Balaban J connectivity index is 2.77. The molecule has 2 N–H and O–H groups in total. The van der Waals surface area contributed by atoms with Crippen LogP contribution in [0.4, 0.5) is 5.69 Å². The summed E-state index contributed by atoms with van der Waals surface area (Å²) >= 11 is 0. The Morgan fingerprint density at radius 2 is 2.44 bits per heavy atom. The van der Waals surface area contributed by atoms with E-state index in [0.29, 0.717) is 11.3 Å². The van der Waals surface area contributed by atoms with Gasteiger partial charge in [0.05, 0.1) is 6.61 Å². The van der Waals surface area contributed by atoms with E-state index in [1.165, 1.54) is 7.11 Å². The molecule has 16 heavy (non-hydrogen) atoms. The van der Waals surface area contributed by atoms with Crippen LogP contribution in [0.1, 0.15) is 5.56 Å². The van der Waals surface area contributed by atoms with Gasteiger partial charge in [-0.3, -0.25) is 0 Å². The number of methoxy groups -OCH3 is 1. The van der Waals surface area contributed by atoms with Crippen molar-refractivity contribution >= 4 is 11.7 Å². The lowest BCUT2D eigenvalue weighted by molar-refractivity contribution is -0.139. The first-order chi connectivity index (χ1) is 7.67. The maximum Gasteiger partial charge on any atom is 0.328 e. The predicted molar refractivity (Wildman–Crippen MR) is 61.3 cm³/mol. The fourth-order valence-electron chi connectivity index (χ4n) is 1.24. The number of nitrogens with one attached hydrogen (secondary N) is 1. The molecule has 0 fully saturated rings. The Hall–Kier alpha value is -1.99. The van der Waals surface area contributed by atoms with Crippen molar-refractivity contribution in [1.82, 2.24) is 0 Å². The molecular formula is C12H13NO3. The van der Waals surface area contributed by atoms with E-state index in [1.54, 1.807) is 24.3 Å². The third kappa shape index (κ3) is 3.30. The van der Waals surface area contributed by atoms with Crippen LogP contribution >= 0.6 is 0 Å². The Kier molecular flexibility index (Phi) is 4.37. The Bertz CT molecular complexity index is 409. The van der Waals surface area contributed by atoms with Crippen molar-refractivity contribution in [2.75, 3.05) is 19.0 Å². The number of anilines is 1. The molecule has 84 valence electrons. The highest BCUT2D eigenvalue weighted by atomic mass is 16.5. The van der Waals surface area contributed by atoms with E-state index in [1.807, 2.05) is 0 Å². The molecule has 1 aromatic rings. The van der Waals surface area contributed by atoms with Gasteiger partial charge in [0.15, 0.2) is 0 Å². The number of carbonyl (C=O) groups is 1. The van der Waals surface area contributed by atoms with Crippen LogP contribution in [0.3, 0.4) is 0 Å². The van der Waals surface area contributed by atoms with E-state index in [2.05, 4.69) is 11.2 Å². The quantitative estimate of drug-likeness (QED) is 0.730. The number of benzene rings is 1. The smallest absolute Gasteiger partial charge is 0.328 e. The number of hydrogen-bond acceptors (Lipinski definition) is 3. The fraction of sp³-hybridized carbons (Fsp3) is 0.250. The zero-order valence-electron chi connectivity index (χ0n) is 8.93. The van der Waals surface area contributed by atoms with Crippen molar-refractivity contribution in [2.45, 2.75) is 6.04 Å². The van der Waals surface area contributed by atoms with Crippen LogP contribution in [0.2, 0.25) is 0 Å². The Morgan fingerprint density at radius 1 is 1.69 bits per heavy atom. The minimum Gasteiger partial charge on any atom is -0.480 e. The molecule has 1 rings (SSSR count). The van der Waals surface area contributed by atoms with Gasteiger partial charge in [0, 0.05) is 18.4 Å². The zero-order valence-corrected chi connectivity index (χ0v) is 8.93. The van der Waals surface area contributed by atoms with E-state index in [-0.39, 0.29) is 6.61 Å². The molecule has 0 heterocycles. The number of hydrogen-bond donors (Lipinski definition) is 2. The van der Waals surface area contributed by atoms with Gasteiger partial charge in [0.1, 0.15) is 6.04 Å². The summed E-state index contributed by atoms with van der Waals surface area (Å²) in [6.45, 7) is 0.0929. The van der Waals surface area contributed by atoms with Gasteiger partial charge in [-0.1, -0.05) is 12.0 Å². The minimum absolute atomic E-state index is 0.0929. The van der Waals surface area contributed by atoms with E-state index in [0.717, 1.165) is 0 Å². The average Bonchev–Trinajstić information content (AvgIpc) is 2.28. The summed E-state index contributed by atoms with van der Waals surface area (Å²) in [7, 11) is 1.45. The molecule has 0 aromatic heterocycles.